The molecular weight excluding hydrogens is 330 g/mol. The van der Waals surface area contributed by atoms with Crippen LogP contribution in [0.3, 0.4) is 0 Å². The maximum absolute atomic E-state index is 12.0. The fourth-order valence-corrected chi connectivity index (χ4v) is 2.07. The average Bonchev–Trinajstić information content (AvgIpc) is 2.65. The van der Waals surface area contributed by atoms with Crippen LogP contribution in [0, 0.1) is 6.92 Å². The molecule has 2 aromatic carbocycles. The number of carbonyl (C=O) groups is 2. The zero-order valence-corrected chi connectivity index (χ0v) is 14.6. The van der Waals surface area contributed by atoms with Gasteiger partial charge in [-0.05, 0) is 48.9 Å². The number of nitrogens with zero attached hydrogens (tertiary/aromatic N) is 1. The summed E-state index contributed by atoms with van der Waals surface area (Å²) in [7, 11) is 0. The highest BCUT2D eigenvalue weighted by Crippen LogP contribution is 2.10. The first-order chi connectivity index (χ1) is 12.6. The second-order valence-electron chi connectivity index (χ2n) is 5.51. The van der Waals surface area contributed by atoms with Gasteiger partial charge in [-0.2, -0.15) is 5.10 Å². The molecule has 0 saturated carbocycles. The van der Waals surface area contributed by atoms with Crippen molar-refractivity contribution in [3.8, 4) is 5.75 Å². The lowest BCUT2D eigenvalue weighted by atomic mass is 10.1. The van der Waals surface area contributed by atoms with E-state index in [1.807, 2.05) is 25.1 Å². The van der Waals surface area contributed by atoms with Crippen LogP contribution in [0.1, 0.15) is 21.5 Å². The lowest BCUT2D eigenvalue weighted by molar-refractivity contribution is -0.120. The van der Waals surface area contributed by atoms with Crippen LogP contribution in [0.4, 0.5) is 0 Å². The molecule has 0 heterocycles. The predicted octanol–water partition coefficient (Wildman–Crippen LogP) is 2.44. The number of amides is 2. The molecule has 2 N–H and O–H groups in total. The summed E-state index contributed by atoms with van der Waals surface area (Å²) >= 11 is 0. The minimum atomic E-state index is -0.409. The second-order valence-corrected chi connectivity index (χ2v) is 5.51. The Labute approximate surface area is 152 Å². The van der Waals surface area contributed by atoms with Crippen molar-refractivity contribution in [2.24, 2.45) is 5.10 Å². The molecule has 6 heteroatoms. The van der Waals surface area contributed by atoms with Gasteiger partial charge in [0.05, 0.1) is 12.8 Å². The van der Waals surface area contributed by atoms with Gasteiger partial charge in [0.15, 0.2) is 0 Å². The molecule has 2 rings (SSSR count). The molecule has 2 aromatic rings. The van der Waals surface area contributed by atoms with Gasteiger partial charge in [0, 0.05) is 5.56 Å². The average molecular weight is 351 g/mol. The standard InChI is InChI=1S/C20H21N3O3/c1-3-11-26-18-9-7-16(8-10-18)13-22-23-19(24)14-21-20(25)17-6-4-5-15(2)12-17/h3-10,12-13H,1,11,14H2,2H3,(H,21,25)(H,23,24)/b22-13-. The van der Waals surface area contributed by atoms with Crippen molar-refractivity contribution in [1.82, 2.24) is 10.7 Å². The number of aryl methyl sites for hydroxylation is 1. The maximum atomic E-state index is 12.0. The molecule has 0 aliphatic carbocycles. The van der Waals surface area contributed by atoms with Crippen LogP contribution in [0.5, 0.6) is 5.75 Å². The summed E-state index contributed by atoms with van der Waals surface area (Å²) in [4.78, 5) is 23.7. The van der Waals surface area contributed by atoms with Gasteiger partial charge in [-0.15, -0.1) is 0 Å². The number of benzene rings is 2. The van der Waals surface area contributed by atoms with Gasteiger partial charge in [-0.1, -0.05) is 30.4 Å². The number of rotatable bonds is 8. The highest BCUT2D eigenvalue weighted by molar-refractivity contribution is 5.96. The maximum Gasteiger partial charge on any atom is 0.259 e. The molecular formula is C20H21N3O3. The Morgan fingerprint density at radius 1 is 1.19 bits per heavy atom. The van der Waals surface area contributed by atoms with E-state index in [0.29, 0.717) is 12.2 Å². The molecule has 0 bridgehead atoms. The zero-order chi connectivity index (χ0) is 18.8. The zero-order valence-electron chi connectivity index (χ0n) is 14.6. The lowest BCUT2D eigenvalue weighted by Crippen LogP contribution is -2.34. The van der Waals surface area contributed by atoms with E-state index in [-0.39, 0.29) is 12.5 Å². The summed E-state index contributed by atoms with van der Waals surface area (Å²) in [5.41, 5.74) is 4.67. The number of carbonyl (C=O) groups excluding carboxylic acids is 2. The molecule has 0 spiro atoms. The Hall–Kier alpha value is -3.41. The molecule has 2 amide bonds. The summed E-state index contributed by atoms with van der Waals surface area (Å²) in [6.45, 7) is 5.77. The SMILES string of the molecule is C=CCOc1ccc(/C=N\NC(=O)CNC(=O)c2cccc(C)c2)cc1. The Morgan fingerprint density at radius 3 is 2.65 bits per heavy atom. The third-order valence-electron chi connectivity index (χ3n) is 3.34. The lowest BCUT2D eigenvalue weighted by Gasteiger charge is -2.05. The van der Waals surface area contributed by atoms with Gasteiger partial charge in [-0.25, -0.2) is 5.43 Å². The van der Waals surface area contributed by atoms with Gasteiger partial charge >= 0.3 is 0 Å². The number of nitrogens with one attached hydrogen (secondary N) is 2. The summed E-state index contributed by atoms with van der Waals surface area (Å²) in [6, 6.07) is 14.4. The summed E-state index contributed by atoms with van der Waals surface area (Å²) in [5.74, 6) is 0.0149. The van der Waals surface area contributed by atoms with Gasteiger partial charge < -0.3 is 10.1 Å². The molecule has 0 saturated heterocycles. The van der Waals surface area contributed by atoms with E-state index in [9.17, 15) is 9.59 Å². The topological polar surface area (TPSA) is 79.8 Å². The van der Waals surface area contributed by atoms with E-state index in [1.54, 1.807) is 36.4 Å². The molecule has 0 aliphatic heterocycles. The third-order valence-corrected chi connectivity index (χ3v) is 3.34. The number of ether oxygens (including phenoxy) is 1. The van der Waals surface area contributed by atoms with Crippen LogP contribution >= 0.6 is 0 Å². The smallest absolute Gasteiger partial charge is 0.259 e. The molecule has 26 heavy (non-hydrogen) atoms. The van der Waals surface area contributed by atoms with Crippen molar-refractivity contribution in [2.75, 3.05) is 13.2 Å². The molecule has 0 radical (unpaired) electrons. The largest absolute Gasteiger partial charge is 0.490 e. The Kier molecular flexibility index (Phi) is 7.12. The van der Waals surface area contributed by atoms with Crippen molar-refractivity contribution in [2.45, 2.75) is 6.92 Å². The second kappa shape index (κ2) is 9.78. The van der Waals surface area contributed by atoms with Gasteiger partial charge in [0.1, 0.15) is 12.4 Å². The van der Waals surface area contributed by atoms with Crippen LogP contribution in [0.2, 0.25) is 0 Å². The van der Waals surface area contributed by atoms with Crippen LogP contribution in [0.25, 0.3) is 0 Å². The normalized spacial score (nSPS) is 10.3. The Bertz CT molecular complexity index is 798. The van der Waals surface area contributed by atoms with Crippen molar-refractivity contribution in [1.29, 1.82) is 0 Å². The molecule has 0 unspecified atom stereocenters. The van der Waals surface area contributed by atoms with Crippen LogP contribution < -0.4 is 15.5 Å². The van der Waals surface area contributed by atoms with Gasteiger partial charge in [0.25, 0.3) is 11.8 Å². The minimum absolute atomic E-state index is 0.154. The van der Waals surface area contributed by atoms with Crippen LogP contribution in [-0.4, -0.2) is 31.2 Å². The van der Waals surface area contributed by atoms with Crippen LogP contribution in [0.15, 0.2) is 66.3 Å². The van der Waals surface area contributed by atoms with E-state index in [0.717, 1.165) is 16.9 Å². The third kappa shape index (κ3) is 6.24. The monoisotopic (exact) mass is 351 g/mol. The Morgan fingerprint density at radius 2 is 1.96 bits per heavy atom. The van der Waals surface area contributed by atoms with Crippen molar-refractivity contribution in [3.63, 3.8) is 0 Å². The van der Waals surface area contributed by atoms with Crippen molar-refractivity contribution in [3.05, 3.63) is 77.9 Å². The number of hydrogen-bond donors (Lipinski definition) is 2. The van der Waals surface area contributed by atoms with E-state index >= 15 is 0 Å². The predicted molar refractivity (Wildman–Crippen MR) is 101 cm³/mol. The first-order valence-electron chi connectivity index (χ1n) is 8.09. The molecule has 0 aliphatic rings. The fourth-order valence-electron chi connectivity index (χ4n) is 2.07. The quantitative estimate of drug-likeness (QED) is 0.435. The molecule has 6 nitrogen and oxygen atoms in total. The highest BCUT2D eigenvalue weighted by atomic mass is 16.5. The summed E-state index contributed by atoms with van der Waals surface area (Å²) in [5, 5.41) is 6.42. The number of hydrazone groups is 1. The van der Waals surface area contributed by atoms with E-state index in [4.69, 9.17) is 4.74 Å². The van der Waals surface area contributed by atoms with E-state index in [2.05, 4.69) is 22.4 Å². The van der Waals surface area contributed by atoms with E-state index < -0.39 is 5.91 Å². The molecule has 134 valence electrons. The van der Waals surface area contributed by atoms with Gasteiger partial charge in [-0.3, -0.25) is 9.59 Å². The summed E-state index contributed by atoms with van der Waals surface area (Å²) < 4.78 is 5.38. The molecule has 0 fully saturated rings. The summed E-state index contributed by atoms with van der Waals surface area (Å²) in [6.07, 6.45) is 3.18. The molecule has 0 atom stereocenters. The van der Waals surface area contributed by atoms with Crippen molar-refractivity contribution >= 4 is 18.0 Å². The van der Waals surface area contributed by atoms with E-state index in [1.165, 1.54) is 6.21 Å². The molecule has 0 aromatic heterocycles. The minimum Gasteiger partial charge on any atom is -0.490 e. The first-order valence-corrected chi connectivity index (χ1v) is 8.09. The fraction of sp³-hybridized carbons (Fsp3) is 0.150. The Balaban J connectivity index is 1.76. The van der Waals surface area contributed by atoms with Gasteiger partial charge in [0.2, 0.25) is 0 Å². The first kappa shape index (κ1) is 18.9. The van der Waals surface area contributed by atoms with Crippen molar-refractivity contribution < 1.29 is 14.3 Å². The highest BCUT2D eigenvalue weighted by Gasteiger charge is 2.07. The number of hydrogen-bond acceptors (Lipinski definition) is 4. The van der Waals surface area contributed by atoms with Crippen LogP contribution in [-0.2, 0) is 4.79 Å².